The van der Waals surface area contributed by atoms with Crippen LogP contribution in [-0.4, -0.2) is 5.75 Å². The van der Waals surface area contributed by atoms with E-state index in [1.807, 2.05) is 18.2 Å². The van der Waals surface area contributed by atoms with Crippen molar-refractivity contribution in [2.24, 2.45) is 5.73 Å². The first-order valence-electron chi connectivity index (χ1n) is 6.53. The van der Waals surface area contributed by atoms with E-state index < -0.39 is 5.82 Å². The van der Waals surface area contributed by atoms with E-state index >= 15 is 0 Å². The highest BCUT2D eigenvalue weighted by Crippen LogP contribution is 2.26. The molecule has 0 radical (unpaired) electrons. The molecule has 0 spiro atoms. The first-order valence-corrected chi connectivity index (χ1v) is 7.89. The highest BCUT2D eigenvalue weighted by atomic mass is 35.5. The molecule has 0 aliphatic carbocycles. The molecule has 2 N–H and O–H groups in total. The molecule has 1 atom stereocenters. The maximum Gasteiger partial charge on any atom is 0.142 e. The highest BCUT2D eigenvalue weighted by molar-refractivity contribution is 7.99. The zero-order chi connectivity index (χ0) is 14.5. The second-order valence-corrected chi connectivity index (χ2v) is 6.24. The SMILES string of the molecule is CCSc1ccc(C(N)Cc2cccc(F)c2Cl)cc1. The number of hydrogen-bond donors (Lipinski definition) is 1. The van der Waals surface area contributed by atoms with Gasteiger partial charge in [-0.05, 0) is 41.5 Å². The molecule has 0 aliphatic rings. The lowest BCUT2D eigenvalue weighted by Crippen LogP contribution is -2.13. The fourth-order valence-corrected chi connectivity index (χ4v) is 2.90. The largest absolute Gasteiger partial charge is 0.324 e. The summed E-state index contributed by atoms with van der Waals surface area (Å²) in [6, 6.07) is 12.8. The lowest BCUT2D eigenvalue weighted by molar-refractivity contribution is 0.622. The van der Waals surface area contributed by atoms with Gasteiger partial charge in [0, 0.05) is 10.9 Å². The van der Waals surface area contributed by atoms with Crippen LogP contribution < -0.4 is 5.73 Å². The lowest BCUT2D eigenvalue weighted by atomic mass is 10.00. The minimum atomic E-state index is -0.397. The van der Waals surface area contributed by atoms with Gasteiger partial charge in [0.05, 0.1) is 5.02 Å². The van der Waals surface area contributed by atoms with Crippen LogP contribution in [0.15, 0.2) is 47.4 Å². The third-order valence-corrected chi connectivity index (χ3v) is 4.41. The van der Waals surface area contributed by atoms with Crippen molar-refractivity contribution in [3.63, 3.8) is 0 Å². The summed E-state index contributed by atoms with van der Waals surface area (Å²) < 4.78 is 13.4. The van der Waals surface area contributed by atoms with Crippen LogP contribution in [0.3, 0.4) is 0 Å². The van der Waals surface area contributed by atoms with Crippen molar-refractivity contribution < 1.29 is 4.39 Å². The van der Waals surface area contributed by atoms with Crippen LogP contribution in [0.25, 0.3) is 0 Å². The Bertz CT molecular complexity index is 571. The number of hydrogen-bond acceptors (Lipinski definition) is 2. The molecular formula is C16H17ClFNS. The molecule has 2 aromatic carbocycles. The van der Waals surface area contributed by atoms with Crippen molar-refractivity contribution in [1.82, 2.24) is 0 Å². The Kier molecular flexibility index (Phi) is 5.46. The van der Waals surface area contributed by atoms with Gasteiger partial charge in [-0.15, -0.1) is 11.8 Å². The van der Waals surface area contributed by atoms with Crippen molar-refractivity contribution in [2.75, 3.05) is 5.75 Å². The normalized spacial score (nSPS) is 12.4. The third kappa shape index (κ3) is 3.75. The summed E-state index contributed by atoms with van der Waals surface area (Å²) in [6.45, 7) is 2.12. The minimum absolute atomic E-state index is 0.168. The molecule has 1 nitrogen and oxygen atoms in total. The summed E-state index contributed by atoms with van der Waals surface area (Å²) in [6.07, 6.45) is 0.525. The quantitative estimate of drug-likeness (QED) is 0.800. The van der Waals surface area contributed by atoms with Gasteiger partial charge in [0.25, 0.3) is 0 Å². The molecule has 106 valence electrons. The number of halogens is 2. The van der Waals surface area contributed by atoms with Crippen LogP contribution in [0.5, 0.6) is 0 Å². The van der Waals surface area contributed by atoms with Gasteiger partial charge in [0.2, 0.25) is 0 Å². The van der Waals surface area contributed by atoms with E-state index in [9.17, 15) is 4.39 Å². The standard InChI is InChI=1S/C16H17ClFNS/c1-2-20-13-8-6-11(7-9-13)15(19)10-12-4-3-5-14(18)16(12)17/h3-9,15H,2,10,19H2,1H3. The van der Waals surface area contributed by atoms with Gasteiger partial charge in [0.15, 0.2) is 0 Å². The first-order chi connectivity index (χ1) is 9.61. The van der Waals surface area contributed by atoms with Gasteiger partial charge >= 0.3 is 0 Å². The van der Waals surface area contributed by atoms with Crippen molar-refractivity contribution in [2.45, 2.75) is 24.3 Å². The smallest absolute Gasteiger partial charge is 0.142 e. The Labute approximate surface area is 128 Å². The van der Waals surface area contributed by atoms with E-state index in [1.54, 1.807) is 17.8 Å². The molecule has 1 unspecified atom stereocenters. The third-order valence-electron chi connectivity index (χ3n) is 3.09. The Balaban J connectivity index is 2.11. The van der Waals surface area contributed by atoms with E-state index in [2.05, 4.69) is 19.1 Å². The van der Waals surface area contributed by atoms with Crippen LogP contribution in [0.4, 0.5) is 4.39 Å². The van der Waals surface area contributed by atoms with Gasteiger partial charge < -0.3 is 5.73 Å². The van der Waals surface area contributed by atoms with E-state index in [-0.39, 0.29) is 11.1 Å². The number of rotatable bonds is 5. The first kappa shape index (κ1) is 15.4. The van der Waals surface area contributed by atoms with Crippen LogP contribution in [0.1, 0.15) is 24.1 Å². The molecule has 0 fully saturated rings. The van der Waals surface area contributed by atoms with E-state index in [0.717, 1.165) is 16.9 Å². The topological polar surface area (TPSA) is 26.0 Å². The summed E-state index contributed by atoms with van der Waals surface area (Å²) in [5.41, 5.74) is 7.96. The van der Waals surface area contributed by atoms with Crippen LogP contribution in [-0.2, 0) is 6.42 Å². The molecule has 2 rings (SSSR count). The maximum atomic E-state index is 13.4. The molecule has 0 aromatic heterocycles. The Hall–Kier alpha value is -1.03. The Morgan fingerprint density at radius 3 is 2.55 bits per heavy atom. The van der Waals surface area contributed by atoms with Crippen molar-refractivity contribution in [3.05, 3.63) is 64.4 Å². The molecule has 0 heterocycles. The molecule has 0 bridgehead atoms. The van der Waals surface area contributed by atoms with Crippen LogP contribution in [0, 0.1) is 5.82 Å². The molecule has 20 heavy (non-hydrogen) atoms. The van der Waals surface area contributed by atoms with Gasteiger partial charge in [-0.3, -0.25) is 0 Å². The summed E-state index contributed by atoms with van der Waals surface area (Å²) in [4.78, 5) is 1.23. The maximum absolute atomic E-state index is 13.4. The molecule has 4 heteroatoms. The number of nitrogens with two attached hydrogens (primary N) is 1. The molecular weight excluding hydrogens is 293 g/mol. The van der Waals surface area contributed by atoms with E-state index in [4.69, 9.17) is 17.3 Å². The van der Waals surface area contributed by atoms with Crippen LogP contribution >= 0.6 is 23.4 Å². The Morgan fingerprint density at radius 1 is 1.20 bits per heavy atom. The average molecular weight is 310 g/mol. The number of benzene rings is 2. The highest BCUT2D eigenvalue weighted by Gasteiger charge is 2.11. The molecule has 0 saturated carbocycles. The summed E-state index contributed by atoms with van der Waals surface area (Å²) in [5.74, 6) is 0.649. The fourth-order valence-electron chi connectivity index (χ4n) is 2.04. The van der Waals surface area contributed by atoms with Crippen LogP contribution in [0.2, 0.25) is 5.02 Å². The minimum Gasteiger partial charge on any atom is -0.324 e. The fraction of sp³-hybridized carbons (Fsp3) is 0.250. The number of thioether (sulfide) groups is 1. The molecule has 0 amide bonds. The predicted octanol–water partition coefficient (Wildman–Crippen LogP) is 4.83. The second-order valence-electron chi connectivity index (χ2n) is 4.53. The average Bonchev–Trinajstić information content (AvgIpc) is 2.45. The lowest BCUT2D eigenvalue weighted by Gasteiger charge is -2.14. The van der Waals surface area contributed by atoms with Gasteiger partial charge in [-0.1, -0.05) is 42.8 Å². The molecule has 2 aromatic rings. The van der Waals surface area contributed by atoms with Gasteiger partial charge in [-0.2, -0.15) is 0 Å². The predicted molar refractivity (Wildman–Crippen MR) is 84.9 cm³/mol. The molecule has 0 aliphatic heterocycles. The zero-order valence-electron chi connectivity index (χ0n) is 11.3. The van der Waals surface area contributed by atoms with Gasteiger partial charge in [-0.25, -0.2) is 4.39 Å². The second kappa shape index (κ2) is 7.11. The van der Waals surface area contributed by atoms with Crippen molar-refractivity contribution in [1.29, 1.82) is 0 Å². The summed E-state index contributed by atoms with van der Waals surface area (Å²) in [5, 5.41) is 0.168. The summed E-state index contributed by atoms with van der Waals surface area (Å²) in [7, 11) is 0. The van der Waals surface area contributed by atoms with Gasteiger partial charge in [0.1, 0.15) is 5.82 Å². The zero-order valence-corrected chi connectivity index (χ0v) is 12.8. The van der Waals surface area contributed by atoms with Crippen molar-refractivity contribution in [3.8, 4) is 0 Å². The Morgan fingerprint density at radius 2 is 1.90 bits per heavy atom. The van der Waals surface area contributed by atoms with E-state index in [1.165, 1.54) is 11.0 Å². The monoisotopic (exact) mass is 309 g/mol. The molecule has 0 saturated heterocycles. The van der Waals surface area contributed by atoms with Crippen molar-refractivity contribution >= 4 is 23.4 Å². The van der Waals surface area contributed by atoms with E-state index in [0.29, 0.717) is 6.42 Å². The summed E-state index contributed by atoms with van der Waals surface area (Å²) >= 11 is 7.75.